The van der Waals surface area contributed by atoms with Crippen molar-refractivity contribution in [2.24, 2.45) is 0 Å². The third kappa shape index (κ3) is 2.76. The maximum atomic E-state index is 12.3. The van der Waals surface area contributed by atoms with E-state index in [-0.39, 0.29) is 11.8 Å². The van der Waals surface area contributed by atoms with Crippen LogP contribution in [0, 0.1) is 0 Å². The van der Waals surface area contributed by atoms with Gasteiger partial charge in [-0.05, 0) is 52.2 Å². The Labute approximate surface area is 137 Å². The molecule has 2 aromatic carbocycles. The van der Waals surface area contributed by atoms with E-state index in [0.717, 1.165) is 22.1 Å². The smallest absolute Gasteiger partial charge is 0.256 e. The molecule has 0 radical (unpaired) electrons. The standard InChI is InChI=1S/C17H15BrN2O2/c1-11(21)20-9-8-12-6-7-13(10-16(12)20)19-17(22)14-4-2-3-5-15(14)18/h2-7,10H,8-9H2,1H3,(H,19,22). The van der Waals surface area contributed by atoms with E-state index < -0.39 is 0 Å². The second kappa shape index (κ2) is 5.93. The van der Waals surface area contributed by atoms with Gasteiger partial charge in [-0.3, -0.25) is 9.59 Å². The second-order valence-corrected chi connectivity index (χ2v) is 6.05. The van der Waals surface area contributed by atoms with Crippen molar-refractivity contribution in [1.82, 2.24) is 0 Å². The average Bonchev–Trinajstić information content (AvgIpc) is 2.91. The number of hydrogen-bond acceptors (Lipinski definition) is 2. The van der Waals surface area contributed by atoms with Gasteiger partial charge < -0.3 is 10.2 Å². The zero-order chi connectivity index (χ0) is 15.7. The van der Waals surface area contributed by atoms with Gasteiger partial charge in [0.25, 0.3) is 5.91 Å². The van der Waals surface area contributed by atoms with Crippen molar-refractivity contribution in [2.75, 3.05) is 16.8 Å². The summed E-state index contributed by atoms with van der Waals surface area (Å²) in [4.78, 5) is 25.7. The van der Waals surface area contributed by atoms with Crippen molar-refractivity contribution in [2.45, 2.75) is 13.3 Å². The van der Waals surface area contributed by atoms with Crippen LogP contribution in [0.25, 0.3) is 0 Å². The van der Waals surface area contributed by atoms with Crippen molar-refractivity contribution >= 4 is 39.1 Å². The van der Waals surface area contributed by atoms with E-state index in [1.807, 2.05) is 36.4 Å². The number of carbonyl (C=O) groups is 2. The molecule has 2 amide bonds. The van der Waals surface area contributed by atoms with Gasteiger partial charge in [-0.15, -0.1) is 0 Å². The summed E-state index contributed by atoms with van der Waals surface area (Å²) >= 11 is 3.37. The molecule has 0 spiro atoms. The number of nitrogens with one attached hydrogen (secondary N) is 1. The predicted molar refractivity (Wildman–Crippen MR) is 90.3 cm³/mol. The number of amides is 2. The minimum absolute atomic E-state index is 0.0213. The van der Waals surface area contributed by atoms with Crippen molar-refractivity contribution in [3.05, 3.63) is 58.1 Å². The molecule has 3 rings (SSSR count). The van der Waals surface area contributed by atoms with Crippen LogP contribution in [-0.4, -0.2) is 18.4 Å². The van der Waals surface area contributed by atoms with Crippen LogP contribution in [0.1, 0.15) is 22.8 Å². The van der Waals surface area contributed by atoms with Gasteiger partial charge in [-0.1, -0.05) is 18.2 Å². The molecule has 0 saturated carbocycles. The van der Waals surface area contributed by atoms with Gasteiger partial charge in [0.2, 0.25) is 5.91 Å². The molecule has 0 aliphatic carbocycles. The van der Waals surface area contributed by atoms with Crippen LogP contribution < -0.4 is 10.2 Å². The third-order valence-electron chi connectivity index (χ3n) is 3.74. The highest BCUT2D eigenvalue weighted by molar-refractivity contribution is 9.10. The molecule has 4 nitrogen and oxygen atoms in total. The second-order valence-electron chi connectivity index (χ2n) is 5.20. The van der Waals surface area contributed by atoms with Crippen molar-refractivity contribution in [3.8, 4) is 0 Å². The van der Waals surface area contributed by atoms with Crippen molar-refractivity contribution in [1.29, 1.82) is 0 Å². The monoisotopic (exact) mass is 358 g/mol. The first kappa shape index (κ1) is 14.8. The maximum Gasteiger partial charge on any atom is 0.256 e. The van der Waals surface area contributed by atoms with Crippen molar-refractivity contribution in [3.63, 3.8) is 0 Å². The molecule has 0 unspecified atom stereocenters. The first-order chi connectivity index (χ1) is 10.6. The Morgan fingerprint density at radius 1 is 1.18 bits per heavy atom. The summed E-state index contributed by atoms with van der Waals surface area (Å²) in [6.45, 7) is 2.26. The largest absolute Gasteiger partial charge is 0.322 e. The molecule has 0 aromatic heterocycles. The summed E-state index contributed by atoms with van der Waals surface area (Å²) in [5, 5.41) is 2.88. The normalized spacial score (nSPS) is 12.9. The molecule has 0 atom stereocenters. The van der Waals surface area contributed by atoms with E-state index in [2.05, 4.69) is 21.2 Å². The number of nitrogens with zero attached hydrogens (tertiary/aromatic N) is 1. The van der Waals surface area contributed by atoms with E-state index in [1.165, 1.54) is 0 Å². The van der Waals surface area contributed by atoms with Gasteiger partial charge in [0.15, 0.2) is 0 Å². The van der Waals surface area contributed by atoms with Gasteiger partial charge in [-0.2, -0.15) is 0 Å². The molecule has 112 valence electrons. The fourth-order valence-electron chi connectivity index (χ4n) is 2.63. The molecule has 1 aliphatic heterocycles. The Kier molecular flexibility index (Phi) is 3.98. The van der Waals surface area contributed by atoms with E-state index in [1.54, 1.807) is 17.9 Å². The lowest BCUT2D eigenvalue weighted by Crippen LogP contribution is -2.25. The predicted octanol–water partition coefficient (Wildman–Crippen LogP) is 3.61. The molecule has 1 N–H and O–H groups in total. The zero-order valence-electron chi connectivity index (χ0n) is 12.1. The lowest BCUT2D eigenvalue weighted by Gasteiger charge is -2.16. The summed E-state index contributed by atoms with van der Waals surface area (Å²) in [5.41, 5.74) is 3.28. The van der Waals surface area contributed by atoms with E-state index in [0.29, 0.717) is 17.8 Å². The highest BCUT2D eigenvalue weighted by Gasteiger charge is 2.22. The number of rotatable bonds is 2. The number of anilines is 2. The molecular weight excluding hydrogens is 344 g/mol. The Bertz CT molecular complexity index is 758. The summed E-state index contributed by atoms with van der Waals surface area (Å²) in [6, 6.07) is 13.0. The summed E-state index contributed by atoms with van der Waals surface area (Å²) in [6.07, 6.45) is 0.855. The van der Waals surface area contributed by atoms with Crippen LogP contribution >= 0.6 is 15.9 Å². The summed E-state index contributed by atoms with van der Waals surface area (Å²) in [7, 11) is 0. The summed E-state index contributed by atoms with van der Waals surface area (Å²) in [5.74, 6) is -0.159. The number of benzene rings is 2. The molecular formula is C17H15BrN2O2. The van der Waals surface area contributed by atoms with Gasteiger partial charge in [0, 0.05) is 29.3 Å². The Morgan fingerprint density at radius 2 is 1.95 bits per heavy atom. The van der Waals surface area contributed by atoms with E-state index in [9.17, 15) is 9.59 Å². The fraction of sp³-hybridized carbons (Fsp3) is 0.176. The third-order valence-corrected chi connectivity index (χ3v) is 4.43. The van der Waals surface area contributed by atoms with Crippen molar-refractivity contribution < 1.29 is 9.59 Å². The number of halogens is 1. The molecule has 0 saturated heterocycles. The van der Waals surface area contributed by atoms with Gasteiger partial charge in [0.05, 0.1) is 5.56 Å². The molecule has 2 aromatic rings. The molecule has 5 heteroatoms. The van der Waals surface area contributed by atoms with E-state index in [4.69, 9.17) is 0 Å². The molecule has 0 bridgehead atoms. The average molecular weight is 359 g/mol. The molecule has 22 heavy (non-hydrogen) atoms. The zero-order valence-corrected chi connectivity index (χ0v) is 13.7. The van der Waals surface area contributed by atoms with Gasteiger partial charge in [0.1, 0.15) is 0 Å². The first-order valence-electron chi connectivity index (χ1n) is 7.03. The van der Waals surface area contributed by atoms with Crippen LogP contribution in [0.3, 0.4) is 0 Å². The number of fused-ring (bicyclic) bond motifs is 1. The Hall–Kier alpha value is -2.14. The van der Waals surface area contributed by atoms with Crippen LogP contribution in [0.5, 0.6) is 0 Å². The quantitative estimate of drug-likeness (QED) is 0.891. The Morgan fingerprint density at radius 3 is 2.68 bits per heavy atom. The van der Waals surface area contributed by atoms with Crippen LogP contribution in [0.2, 0.25) is 0 Å². The Balaban J connectivity index is 1.85. The fourth-order valence-corrected chi connectivity index (χ4v) is 3.09. The topological polar surface area (TPSA) is 49.4 Å². The van der Waals surface area contributed by atoms with Crippen LogP contribution in [0.15, 0.2) is 46.9 Å². The lowest BCUT2D eigenvalue weighted by atomic mass is 10.1. The minimum atomic E-state index is -0.181. The van der Waals surface area contributed by atoms with Crippen LogP contribution in [-0.2, 0) is 11.2 Å². The number of carbonyl (C=O) groups excluding carboxylic acids is 2. The molecule has 0 fully saturated rings. The minimum Gasteiger partial charge on any atom is -0.322 e. The molecule has 1 aliphatic rings. The molecule has 1 heterocycles. The SMILES string of the molecule is CC(=O)N1CCc2ccc(NC(=O)c3ccccc3Br)cc21. The van der Waals surface area contributed by atoms with Gasteiger partial charge in [-0.25, -0.2) is 0 Å². The van der Waals surface area contributed by atoms with Crippen LogP contribution in [0.4, 0.5) is 11.4 Å². The number of hydrogen-bond donors (Lipinski definition) is 1. The first-order valence-corrected chi connectivity index (χ1v) is 7.82. The van der Waals surface area contributed by atoms with Gasteiger partial charge >= 0.3 is 0 Å². The maximum absolute atomic E-state index is 12.3. The highest BCUT2D eigenvalue weighted by atomic mass is 79.9. The lowest BCUT2D eigenvalue weighted by molar-refractivity contribution is -0.116. The van der Waals surface area contributed by atoms with E-state index >= 15 is 0 Å². The summed E-state index contributed by atoms with van der Waals surface area (Å²) < 4.78 is 0.749. The highest BCUT2D eigenvalue weighted by Crippen LogP contribution is 2.31.